The zero-order chi connectivity index (χ0) is 12.6. The standard InChI is InChI=1S/C9H13N2O5P/c1-5-6-4-7(17(13,14-2)15-3)10-9(12)8(6)11-16-5/h7H,4H2,1-3H3,(H,10,12). The van der Waals surface area contributed by atoms with Gasteiger partial charge < -0.3 is 18.9 Å². The van der Waals surface area contributed by atoms with Crippen LogP contribution in [0.5, 0.6) is 0 Å². The fourth-order valence-electron chi connectivity index (χ4n) is 1.79. The van der Waals surface area contributed by atoms with Gasteiger partial charge in [0.15, 0.2) is 5.69 Å². The summed E-state index contributed by atoms with van der Waals surface area (Å²) >= 11 is 0. The minimum atomic E-state index is -3.35. The summed E-state index contributed by atoms with van der Waals surface area (Å²) in [6, 6.07) is 0. The number of rotatable bonds is 3. The highest BCUT2D eigenvalue weighted by atomic mass is 31.2. The first kappa shape index (κ1) is 12.3. The van der Waals surface area contributed by atoms with Crippen molar-refractivity contribution in [1.82, 2.24) is 10.5 Å². The Kier molecular flexibility index (Phi) is 3.07. The summed E-state index contributed by atoms with van der Waals surface area (Å²) in [5, 5.41) is 6.20. The van der Waals surface area contributed by atoms with Gasteiger partial charge in [0.1, 0.15) is 11.5 Å². The molecule has 2 heterocycles. The van der Waals surface area contributed by atoms with Crippen LogP contribution < -0.4 is 5.32 Å². The number of hydrogen-bond donors (Lipinski definition) is 1. The molecule has 0 fully saturated rings. The van der Waals surface area contributed by atoms with Crippen LogP contribution in [0.2, 0.25) is 0 Å². The van der Waals surface area contributed by atoms with Gasteiger partial charge in [-0.15, -0.1) is 0 Å². The van der Waals surface area contributed by atoms with Crippen LogP contribution in [0.25, 0.3) is 0 Å². The maximum Gasteiger partial charge on any atom is 0.352 e. The van der Waals surface area contributed by atoms with Crippen molar-refractivity contribution in [2.75, 3.05) is 14.2 Å². The van der Waals surface area contributed by atoms with E-state index in [2.05, 4.69) is 10.5 Å². The van der Waals surface area contributed by atoms with Gasteiger partial charge in [-0.05, 0) is 6.92 Å². The smallest absolute Gasteiger partial charge is 0.352 e. The fourth-order valence-corrected chi connectivity index (χ4v) is 3.13. The zero-order valence-corrected chi connectivity index (χ0v) is 10.6. The quantitative estimate of drug-likeness (QED) is 0.818. The second-order valence-electron chi connectivity index (χ2n) is 3.66. The topological polar surface area (TPSA) is 90.7 Å². The van der Waals surface area contributed by atoms with E-state index in [1.54, 1.807) is 6.92 Å². The lowest BCUT2D eigenvalue weighted by Crippen LogP contribution is -2.41. The van der Waals surface area contributed by atoms with E-state index >= 15 is 0 Å². The molecule has 7 nitrogen and oxygen atoms in total. The molecule has 1 unspecified atom stereocenters. The van der Waals surface area contributed by atoms with Gasteiger partial charge in [0.25, 0.3) is 5.91 Å². The molecule has 2 rings (SSSR count). The SMILES string of the molecule is COP(=O)(OC)C1Cc2c(noc2C)C(=O)N1. The van der Waals surface area contributed by atoms with E-state index in [0.29, 0.717) is 17.7 Å². The van der Waals surface area contributed by atoms with Crippen molar-refractivity contribution in [3.63, 3.8) is 0 Å². The van der Waals surface area contributed by atoms with Crippen LogP contribution in [0, 0.1) is 6.92 Å². The van der Waals surface area contributed by atoms with Crippen molar-refractivity contribution < 1.29 is 22.9 Å². The number of fused-ring (bicyclic) bond motifs is 1. The normalized spacial score (nSPS) is 19.9. The van der Waals surface area contributed by atoms with Crippen LogP contribution in [0.3, 0.4) is 0 Å². The molecule has 1 N–H and O–H groups in total. The zero-order valence-electron chi connectivity index (χ0n) is 9.72. The highest BCUT2D eigenvalue weighted by Crippen LogP contribution is 2.52. The molecule has 1 aliphatic rings. The van der Waals surface area contributed by atoms with E-state index in [1.165, 1.54) is 14.2 Å². The molecule has 0 radical (unpaired) electrons. The lowest BCUT2D eigenvalue weighted by molar-refractivity contribution is 0.0922. The van der Waals surface area contributed by atoms with Gasteiger partial charge in [-0.25, -0.2) is 0 Å². The van der Waals surface area contributed by atoms with Gasteiger partial charge in [-0.2, -0.15) is 0 Å². The first-order valence-corrected chi connectivity index (χ1v) is 6.60. The Morgan fingerprint density at radius 2 is 2.12 bits per heavy atom. The van der Waals surface area contributed by atoms with Gasteiger partial charge in [-0.3, -0.25) is 9.36 Å². The van der Waals surface area contributed by atoms with E-state index in [4.69, 9.17) is 13.6 Å². The van der Waals surface area contributed by atoms with E-state index in [0.717, 1.165) is 0 Å². The molecule has 0 aromatic carbocycles. The molecule has 0 saturated heterocycles. The molecule has 1 aromatic rings. The fraction of sp³-hybridized carbons (Fsp3) is 0.556. The highest BCUT2D eigenvalue weighted by molar-refractivity contribution is 7.54. The van der Waals surface area contributed by atoms with Crippen LogP contribution in [0.4, 0.5) is 0 Å². The lowest BCUT2D eigenvalue weighted by atomic mass is 10.1. The second kappa shape index (κ2) is 4.25. The minimum Gasteiger partial charge on any atom is -0.361 e. The number of aromatic nitrogens is 1. The largest absolute Gasteiger partial charge is 0.361 e. The molecule has 0 spiro atoms. The van der Waals surface area contributed by atoms with Crippen molar-refractivity contribution in [1.29, 1.82) is 0 Å². The molecular formula is C9H13N2O5P. The van der Waals surface area contributed by atoms with E-state index < -0.39 is 19.3 Å². The number of hydrogen-bond acceptors (Lipinski definition) is 6. The predicted molar refractivity (Wildman–Crippen MR) is 57.8 cm³/mol. The van der Waals surface area contributed by atoms with Crippen molar-refractivity contribution in [3.8, 4) is 0 Å². The van der Waals surface area contributed by atoms with Crippen LogP contribution in [0.15, 0.2) is 4.52 Å². The Bertz CT molecular complexity index is 490. The van der Waals surface area contributed by atoms with Crippen molar-refractivity contribution in [2.24, 2.45) is 0 Å². The highest BCUT2D eigenvalue weighted by Gasteiger charge is 2.41. The summed E-state index contributed by atoms with van der Waals surface area (Å²) in [5.41, 5.74) is 0.880. The molecule has 8 heteroatoms. The molecule has 0 aliphatic carbocycles. The number of nitrogens with zero attached hydrogens (tertiary/aromatic N) is 1. The molecule has 1 aliphatic heterocycles. The predicted octanol–water partition coefficient (Wildman–Crippen LogP) is 1.08. The van der Waals surface area contributed by atoms with E-state index in [-0.39, 0.29) is 5.69 Å². The number of aryl methyl sites for hydroxylation is 1. The van der Waals surface area contributed by atoms with Crippen molar-refractivity contribution >= 4 is 13.5 Å². The van der Waals surface area contributed by atoms with Crippen molar-refractivity contribution in [2.45, 2.75) is 19.1 Å². The van der Waals surface area contributed by atoms with Crippen LogP contribution in [-0.4, -0.2) is 31.1 Å². The monoisotopic (exact) mass is 260 g/mol. The van der Waals surface area contributed by atoms with E-state index in [1.807, 2.05) is 0 Å². The summed E-state index contributed by atoms with van der Waals surface area (Å²) in [6.45, 7) is 1.70. The first-order valence-electron chi connectivity index (χ1n) is 4.99. The summed E-state index contributed by atoms with van der Waals surface area (Å²) in [7, 11) is -0.778. The van der Waals surface area contributed by atoms with Gasteiger partial charge >= 0.3 is 7.60 Å². The second-order valence-corrected chi connectivity index (χ2v) is 6.10. The first-order chi connectivity index (χ1) is 8.01. The third-order valence-corrected chi connectivity index (χ3v) is 4.88. The van der Waals surface area contributed by atoms with Crippen LogP contribution in [-0.2, 0) is 20.0 Å². The number of carbonyl (C=O) groups excluding carboxylic acids is 1. The van der Waals surface area contributed by atoms with Gasteiger partial charge in [0.05, 0.1) is 0 Å². The van der Waals surface area contributed by atoms with Crippen LogP contribution >= 0.6 is 7.60 Å². The Hall–Kier alpha value is -1.17. The molecule has 1 amide bonds. The molecule has 94 valence electrons. The summed E-state index contributed by atoms with van der Waals surface area (Å²) < 4.78 is 26.9. The summed E-state index contributed by atoms with van der Waals surface area (Å²) in [4.78, 5) is 11.7. The van der Waals surface area contributed by atoms with Gasteiger partial charge in [-0.1, -0.05) is 5.16 Å². The maximum absolute atomic E-state index is 12.2. The Morgan fingerprint density at radius 1 is 1.47 bits per heavy atom. The lowest BCUT2D eigenvalue weighted by Gasteiger charge is -2.27. The van der Waals surface area contributed by atoms with Crippen LogP contribution in [0.1, 0.15) is 21.8 Å². The average Bonchev–Trinajstić information content (AvgIpc) is 2.71. The number of nitrogens with one attached hydrogen (secondary N) is 1. The number of amides is 1. The Balaban J connectivity index is 2.37. The third-order valence-electron chi connectivity index (χ3n) is 2.79. The molecule has 1 atom stereocenters. The van der Waals surface area contributed by atoms with Crippen molar-refractivity contribution in [3.05, 3.63) is 17.0 Å². The minimum absolute atomic E-state index is 0.234. The molecule has 1 aromatic heterocycles. The molecular weight excluding hydrogens is 247 g/mol. The maximum atomic E-state index is 12.2. The molecule has 17 heavy (non-hydrogen) atoms. The molecule has 0 saturated carbocycles. The molecule has 0 bridgehead atoms. The Labute approximate surface area is 98.0 Å². The Morgan fingerprint density at radius 3 is 2.71 bits per heavy atom. The summed E-state index contributed by atoms with van der Waals surface area (Å²) in [6.07, 6.45) is 0.315. The number of carbonyl (C=O) groups is 1. The average molecular weight is 260 g/mol. The van der Waals surface area contributed by atoms with Gasteiger partial charge in [0.2, 0.25) is 0 Å². The third kappa shape index (κ3) is 1.90. The van der Waals surface area contributed by atoms with E-state index in [9.17, 15) is 9.36 Å². The van der Waals surface area contributed by atoms with Gasteiger partial charge in [0, 0.05) is 26.2 Å². The summed E-state index contributed by atoms with van der Waals surface area (Å²) in [5.74, 6) is -0.600.